The lowest BCUT2D eigenvalue weighted by molar-refractivity contribution is -0.129. The predicted octanol–water partition coefficient (Wildman–Crippen LogP) is 1.94. The minimum Gasteiger partial charge on any atom is -0.476 e. The zero-order valence-corrected chi connectivity index (χ0v) is 12.2. The van der Waals surface area contributed by atoms with Gasteiger partial charge in [0, 0.05) is 0 Å². The molecule has 0 atom stereocenters. The molecular weight excluding hydrogens is 300 g/mol. The highest BCUT2D eigenvalue weighted by Crippen LogP contribution is 2.05. The molecule has 0 radical (unpaired) electrons. The number of para-hydroxylation sites is 1. The van der Waals surface area contributed by atoms with Crippen LogP contribution < -0.4 is 10.9 Å². The Morgan fingerprint density at radius 2 is 1.83 bits per heavy atom. The molecular formula is C15H14N4O4. The van der Waals surface area contributed by atoms with Crippen LogP contribution in [-0.4, -0.2) is 28.4 Å². The smallest absolute Gasteiger partial charge is 0.358 e. The summed E-state index contributed by atoms with van der Waals surface area (Å²) >= 11 is 0. The molecule has 0 saturated carbocycles. The van der Waals surface area contributed by atoms with E-state index >= 15 is 0 Å². The van der Waals surface area contributed by atoms with Gasteiger partial charge < -0.3 is 9.52 Å². The van der Waals surface area contributed by atoms with E-state index in [0.717, 1.165) is 0 Å². The van der Waals surface area contributed by atoms with Gasteiger partial charge in [0.2, 0.25) is 0 Å². The van der Waals surface area contributed by atoms with E-state index in [-0.39, 0.29) is 17.2 Å². The Balaban J connectivity index is 2.08. The second kappa shape index (κ2) is 7.55. The summed E-state index contributed by atoms with van der Waals surface area (Å²) in [5.41, 5.74) is 5.15. The van der Waals surface area contributed by atoms with Gasteiger partial charge >= 0.3 is 11.9 Å². The van der Waals surface area contributed by atoms with Crippen molar-refractivity contribution in [3.8, 4) is 0 Å². The summed E-state index contributed by atoms with van der Waals surface area (Å²) in [6, 6.07) is 11.9. The van der Waals surface area contributed by atoms with Gasteiger partial charge in [0.1, 0.15) is 0 Å². The number of carbonyl (C=O) groups excluding carboxylic acids is 1. The molecule has 1 aromatic carbocycles. The highest BCUT2D eigenvalue weighted by atomic mass is 16.4. The van der Waals surface area contributed by atoms with Crippen molar-refractivity contribution in [2.24, 2.45) is 10.2 Å². The van der Waals surface area contributed by atoms with Crippen LogP contribution in [0.2, 0.25) is 0 Å². The maximum atomic E-state index is 11.7. The van der Waals surface area contributed by atoms with Crippen LogP contribution in [0.4, 0.5) is 5.69 Å². The van der Waals surface area contributed by atoms with Gasteiger partial charge in [-0.05, 0) is 31.2 Å². The second-order valence-corrected chi connectivity index (χ2v) is 4.36. The minimum absolute atomic E-state index is 0.0286. The molecule has 8 nitrogen and oxygen atoms in total. The van der Waals surface area contributed by atoms with Crippen molar-refractivity contribution in [1.82, 2.24) is 5.43 Å². The average molecular weight is 314 g/mol. The minimum atomic E-state index is -1.28. The Morgan fingerprint density at radius 3 is 2.43 bits per heavy atom. The molecule has 0 saturated heterocycles. The molecule has 8 heteroatoms. The van der Waals surface area contributed by atoms with Gasteiger partial charge in [-0.3, -0.25) is 10.2 Å². The molecule has 1 amide bonds. The number of carboxylic acids is 1. The molecule has 0 fully saturated rings. The van der Waals surface area contributed by atoms with E-state index < -0.39 is 11.9 Å². The number of anilines is 1. The number of aliphatic carboxylic acids is 1. The van der Waals surface area contributed by atoms with E-state index in [1.807, 2.05) is 6.07 Å². The van der Waals surface area contributed by atoms with E-state index in [0.29, 0.717) is 5.69 Å². The summed E-state index contributed by atoms with van der Waals surface area (Å²) in [4.78, 5) is 22.9. The maximum Gasteiger partial charge on any atom is 0.358 e. The van der Waals surface area contributed by atoms with Crippen LogP contribution in [0.5, 0.6) is 0 Å². The summed E-state index contributed by atoms with van der Waals surface area (Å²) in [6.07, 6.45) is 1.35. The molecule has 0 unspecified atom stereocenters. The van der Waals surface area contributed by atoms with Crippen LogP contribution in [0.15, 0.2) is 63.3 Å². The van der Waals surface area contributed by atoms with E-state index in [9.17, 15) is 14.7 Å². The third-order valence-electron chi connectivity index (χ3n) is 2.69. The molecule has 2 rings (SSSR count). The number of carboxylic acid groups (broad SMARTS) is 1. The molecule has 23 heavy (non-hydrogen) atoms. The lowest BCUT2D eigenvalue weighted by Crippen LogP contribution is -2.27. The average Bonchev–Trinajstić information content (AvgIpc) is 3.08. The number of nitrogens with one attached hydrogen (secondary N) is 2. The Morgan fingerprint density at radius 1 is 1.09 bits per heavy atom. The molecule has 2 aromatic rings. The first-order chi connectivity index (χ1) is 11.1. The first kappa shape index (κ1) is 16.0. The molecule has 0 bridgehead atoms. The van der Waals surface area contributed by atoms with Gasteiger partial charge in [-0.25, -0.2) is 10.2 Å². The predicted molar refractivity (Wildman–Crippen MR) is 84.4 cm³/mol. The van der Waals surface area contributed by atoms with Gasteiger partial charge in [-0.1, -0.05) is 18.2 Å². The number of benzene rings is 1. The third kappa shape index (κ3) is 4.53. The Labute approximate surface area is 131 Å². The van der Waals surface area contributed by atoms with E-state index in [1.165, 1.54) is 19.3 Å². The largest absolute Gasteiger partial charge is 0.476 e. The molecule has 118 valence electrons. The fourth-order valence-corrected chi connectivity index (χ4v) is 1.57. The summed E-state index contributed by atoms with van der Waals surface area (Å²) in [5.74, 6) is -1.80. The summed E-state index contributed by atoms with van der Waals surface area (Å²) in [5, 5.41) is 16.7. The number of nitrogens with zero attached hydrogens (tertiary/aromatic N) is 2. The lowest BCUT2D eigenvalue weighted by Gasteiger charge is -2.04. The van der Waals surface area contributed by atoms with Crippen molar-refractivity contribution in [3.63, 3.8) is 0 Å². The third-order valence-corrected chi connectivity index (χ3v) is 2.69. The fraction of sp³-hybridized carbons (Fsp3) is 0.0667. The molecule has 3 N–H and O–H groups in total. The number of hydrazone groups is 2. The van der Waals surface area contributed by atoms with Crippen LogP contribution in [0.1, 0.15) is 17.5 Å². The summed E-state index contributed by atoms with van der Waals surface area (Å²) in [7, 11) is 0. The number of hydrogen-bond donors (Lipinski definition) is 3. The molecule has 0 spiro atoms. The fourth-order valence-electron chi connectivity index (χ4n) is 1.57. The van der Waals surface area contributed by atoms with E-state index in [1.54, 1.807) is 30.3 Å². The number of hydrogen-bond acceptors (Lipinski definition) is 6. The maximum absolute atomic E-state index is 11.7. The standard InChI is InChI=1S/C15H14N4O4/c1-10(16-19-14(20)12-8-5-9-23-12)13(15(21)22)18-17-11-6-3-2-4-7-11/h2-9,17H,1H3,(H,19,20)(H,21,22)/b16-10+,18-13-. The molecule has 0 aliphatic carbocycles. The first-order valence-electron chi connectivity index (χ1n) is 6.58. The highest BCUT2D eigenvalue weighted by Gasteiger charge is 2.15. The monoisotopic (exact) mass is 314 g/mol. The van der Waals surface area contributed by atoms with Crippen molar-refractivity contribution >= 4 is 29.0 Å². The quantitative estimate of drug-likeness (QED) is 0.556. The molecule has 0 aliphatic heterocycles. The van der Waals surface area contributed by atoms with Crippen molar-refractivity contribution in [2.45, 2.75) is 6.92 Å². The Bertz CT molecular complexity index is 736. The van der Waals surface area contributed by atoms with Crippen LogP contribution in [0.3, 0.4) is 0 Å². The van der Waals surface area contributed by atoms with Gasteiger partial charge in [0.25, 0.3) is 0 Å². The van der Waals surface area contributed by atoms with Gasteiger partial charge in [-0.15, -0.1) is 0 Å². The van der Waals surface area contributed by atoms with Crippen LogP contribution in [-0.2, 0) is 4.79 Å². The van der Waals surface area contributed by atoms with E-state index in [2.05, 4.69) is 21.1 Å². The van der Waals surface area contributed by atoms with Crippen LogP contribution in [0, 0.1) is 0 Å². The Hall–Kier alpha value is -3.42. The zero-order chi connectivity index (χ0) is 16.7. The molecule has 1 heterocycles. The van der Waals surface area contributed by atoms with Crippen molar-refractivity contribution in [1.29, 1.82) is 0 Å². The Kier molecular flexibility index (Phi) is 5.24. The number of carbonyl (C=O) groups is 2. The number of rotatable bonds is 6. The normalized spacial score (nSPS) is 11.9. The van der Waals surface area contributed by atoms with Crippen molar-refractivity contribution in [3.05, 3.63) is 54.5 Å². The highest BCUT2D eigenvalue weighted by molar-refractivity contribution is 6.65. The first-order valence-corrected chi connectivity index (χ1v) is 6.58. The van der Waals surface area contributed by atoms with Crippen LogP contribution >= 0.6 is 0 Å². The molecule has 0 aliphatic rings. The summed E-state index contributed by atoms with van der Waals surface area (Å²) < 4.78 is 4.90. The van der Waals surface area contributed by atoms with Gasteiger partial charge in [-0.2, -0.15) is 10.2 Å². The van der Waals surface area contributed by atoms with E-state index in [4.69, 9.17) is 4.42 Å². The molecule has 1 aromatic heterocycles. The summed E-state index contributed by atoms with van der Waals surface area (Å²) in [6.45, 7) is 1.42. The lowest BCUT2D eigenvalue weighted by atomic mass is 10.2. The SMILES string of the molecule is CC(=N\NC(=O)c1ccco1)/C(=N/Nc1ccccc1)C(=O)O. The topological polar surface area (TPSA) is 116 Å². The number of amides is 1. The van der Waals surface area contributed by atoms with Crippen LogP contribution in [0.25, 0.3) is 0 Å². The number of furan rings is 1. The van der Waals surface area contributed by atoms with Crippen molar-refractivity contribution in [2.75, 3.05) is 5.43 Å². The second-order valence-electron chi connectivity index (χ2n) is 4.36. The van der Waals surface area contributed by atoms with Gasteiger partial charge in [0.15, 0.2) is 11.5 Å². The zero-order valence-electron chi connectivity index (χ0n) is 12.2. The van der Waals surface area contributed by atoms with Gasteiger partial charge in [0.05, 0.1) is 17.7 Å². The van der Waals surface area contributed by atoms with Crippen molar-refractivity contribution < 1.29 is 19.1 Å².